The molecule has 0 radical (unpaired) electrons. The number of halogens is 2. The summed E-state index contributed by atoms with van der Waals surface area (Å²) >= 11 is 9.23. The molecule has 0 saturated carbocycles. The molecule has 3 nitrogen and oxygen atoms in total. The van der Waals surface area contributed by atoms with Crippen LogP contribution < -0.4 is 0 Å². The van der Waals surface area contributed by atoms with Crippen LogP contribution in [0, 0.1) is 0 Å². The van der Waals surface area contributed by atoms with Gasteiger partial charge in [-0.05, 0) is 40.5 Å². The van der Waals surface area contributed by atoms with Crippen LogP contribution in [0.1, 0.15) is 29.5 Å². The molecule has 2 rings (SSSR count). The van der Waals surface area contributed by atoms with Crippen LogP contribution in [-0.4, -0.2) is 15.3 Å². The standard InChI is InChI=1S/C13H12BrClN2O/c1-2-6-17-7-5-16-13(17)12(18)9-3-4-11(15)10(14)8-9/h3-5,7-8H,2,6H2,1H3. The van der Waals surface area contributed by atoms with Crippen molar-refractivity contribution in [1.29, 1.82) is 0 Å². The Hall–Kier alpha value is -1.13. The maximum Gasteiger partial charge on any atom is 0.228 e. The van der Waals surface area contributed by atoms with Crippen LogP contribution in [0.15, 0.2) is 35.1 Å². The Morgan fingerprint density at radius 3 is 2.94 bits per heavy atom. The number of nitrogens with zero attached hydrogens (tertiary/aromatic N) is 2. The molecule has 18 heavy (non-hydrogen) atoms. The summed E-state index contributed by atoms with van der Waals surface area (Å²) in [6, 6.07) is 5.13. The molecule has 0 saturated heterocycles. The highest BCUT2D eigenvalue weighted by Gasteiger charge is 2.15. The minimum Gasteiger partial charge on any atom is -0.328 e. The van der Waals surface area contributed by atoms with Gasteiger partial charge in [-0.3, -0.25) is 4.79 Å². The summed E-state index contributed by atoms with van der Waals surface area (Å²) in [7, 11) is 0. The maximum absolute atomic E-state index is 12.3. The van der Waals surface area contributed by atoms with Crippen molar-refractivity contribution in [3.05, 3.63) is 51.5 Å². The zero-order valence-corrected chi connectivity index (χ0v) is 12.2. The van der Waals surface area contributed by atoms with Gasteiger partial charge in [0.1, 0.15) is 0 Å². The van der Waals surface area contributed by atoms with Gasteiger partial charge >= 0.3 is 0 Å². The molecule has 94 valence electrons. The van der Waals surface area contributed by atoms with Gasteiger partial charge in [0.05, 0.1) is 5.02 Å². The van der Waals surface area contributed by atoms with Gasteiger partial charge in [0.15, 0.2) is 5.82 Å². The number of imidazole rings is 1. The quantitative estimate of drug-likeness (QED) is 0.797. The molecule has 0 aliphatic heterocycles. The molecular formula is C13H12BrClN2O. The molecule has 0 unspecified atom stereocenters. The fraction of sp³-hybridized carbons (Fsp3) is 0.231. The first kappa shape index (κ1) is 13.3. The molecule has 0 atom stereocenters. The number of benzene rings is 1. The molecule has 5 heteroatoms. The predicted octanol–water partition coefficient (Wildman–Crippen LogP) is 3.94. The van der Waals surface area contributed by atoms with E-state index in [1.54, 1.807) is 24.4 Å². The molecule has 0 aliphatic carbocycles. The largest absolute Gasteiger partial charge is 0.328 e. The second-order valence-corrected chi connectivity index (χ2v) is 5.16. The summed E-state index contributed by atoms with van der Waals surface area (Å²) in [5.41, 5.74) is 0.579. The van der Waals surface area contributed by atoms with Crippen molar-refractivity contribution in [2.75, 3.05) is 0 Å². The normalized spacial score (nSPS) is 10.6. The van der Waals surface area contributed by atoms with Gasteiger partial charge in [0, 0.05) is 29.0 Å². The van der Waals surface area contributed by atoms with E-state index in [0.717, 1.165) is 13.0 Å². The SMILES string of the molecule is CCCn1ccnc1C(=O)c1ccc(Cl)c(Br)c1. The third-order valence-electron chi connectivity index (χ3n) is 2.56. The third kappa shape index (κ3) is 2.65. The molecule has 0 spiro atoms. The van der Waals surface area contributed by atoms with Gasteiger partial charge in [-0.2, -0.15) is 0 Å². The monoisotopic (exact) mass is 326 g/mol. The Kier molecular flexibility index (Phi) is 4.19. The van der Waals surface area contributed by atoms with Crippen molar-refractivity contribution in [3.63, 3.8) is 0 Å². The second kappa shape index (κ2) is 5.67. The Morgan fingerprint density at radius 1 is 1.50 bits per heavy atom. The molecule has 2 aromatic rings. The average Bonchev–Trinajstić information content (AvgIpc) is 2.80. The zero-order valence-electron chi connectivity index (χ0n) is 9.86. The summed E-state index contributed by atoms with van der Waals surface area (Å²) in [5.74, 6) is 0.372. The number of aryl methyl sites for hydroxylation is 1. The molecule has 0 bridgehead atoms. The van der Waals surface area contributed by atoms with Crippen molar-refractivity contribution in [2.24, 2.45) is 0 Å². The molecule has 1 aromatic heterocycles. The summed E-state index contributed by atoms with van der Waals surface area (Å²) < 4.78 is 2.58. The Balaban J connectivity index is 2.35. The van der Waals surface area contributed by atoms with E-state index in [9.17, 15) is 4.79 Å². The number of carbonyl (C=O) groups excluding carboxylic acids is 1. The molecule has 1 heterocycles. The summed E-state index contributed by atoms with van der Waals surface area (Å²) in [6.07, 6.45) is 4.43. The van der Waals surface area contributed by atoms with E-state index < -0.39 is 0 Å². The first-order chi connectivity index (χ1) is 8.63. The fourth-order valence-electron chi connectivity index (χ4n) is 1.71. The smallest absolute Gasteiger partial charge is 0.228 e. The zero-order chi connectivity index (χ0) is 13.1. The molecule has 0 N–H and O–H groups in total. The number of ketones is 1. The minimum atomic E-state index is -0.0918. The first-order valence-electron chi connectivity index (χ1n) is 5.64. The van der Waals surface area contributed by atoms with Gasteiger partial charge in [-0.15, -0.1) is 0 Å². The Morgan fingerprint density at radius 2 is 2.28 bits per heavy atom. The van der Waals surface area contributed by atoms with E-state index in [0.29, 0.717) is 20.9 Å². The van der Waals surface area contributed by atoms with Crippen molar-refractivity contribution < 1.29 is 4.79 Å². The van der Waals surface area contributed by atoms with E-state index in [4.69, 9.17) is 11.6 Å². The lowest BCUT2D eigenvalue weighted by Gasteiger charge is -2.06. The van der Waals surface area contributed by atoms with Gasteiger partial charge in [0.2, 0.25) is 5.78 Å². The average molecular weight is 328 g/mol. The predicted molar refractivity (Wildman–Crippen MR) is 75.1 cm³/mol. The van der Waals surface area contributed by atoms with Crippen LogP contribution in [0.3, 0.4) is 0 Å². The Labute approximate surface area is 119 Å². The van der Waals surface area contributed by atoms with Gasteiger partial charge < -0.3 is 4.57 Å². The summed E-state index contributed by atoms with van der Waals surface area (Å²) in [4.78, 5) is 16.4. The highest BCUT2D eigenvalue weighted by Crippen LogP contribution is 2.24. The topological polar surface area (TPSA) is 34.9 Å². The van der Waals surface area contributed by atoms with E-state index in [1.807, 2.05) is 10.8 Å². The fourth-order valence-corrected chi connectivity index (χ4v) is 2.20. The van der Waals surface area contributed by atoms with Gasteiger partial charge in [-0.25, -0.2) is 4.98 Å². The Bertz CT molecular complexity index is 580. The first-order valence-corrected chi connectivity index (χ1v) is 6.81. The minimum absolute atomic E-state index is 0.0918. The van der Waals surface area contributed by atoms with Crippen LogP contribution in [0.2, 0.25) is 5.02 Å². The summed E-state index contributed by atoms with van der Waals surface area (Å²) in [5, 5.41) is 0.587. The number of rotatable bonds is 4. The van der Waals surface area contributed by atoms with Crippen LogP contribution in [0.5, 0.6) is 0 Å². The van der Waals surface area contributed by atoms with Crippen molar-refractivity contribution in [3.8, 4) is 0 Å². The third-order valence-corrected chi connectivity index (χ3v) is 3.78. The van der Waals surface area contributed by atoms with Crippen molar-refractivity contribution >= 4 is 33.3 Å². The van der Waals surface area contributed by atoms with Crippen molar-refractivity contribution in [2.45, 2.75) is 19.9 Å². The maximum atomic E-state index is 12.3. The van der Waals surface area contributed by atoms with E-state index in [2.05, 4.69) is 27.8 Å². The van der Waals surface area contributed by atoms with Crippen LogP contribution in [0.25, 0.3) is 0 Å². The van der Waals surface area contributed by atoms with Crippen LogP contribution in [-0.2, 0) is 6.54 Å². The highest BCUT2D eigenvalue weighted by molar-refractivity contribution is 9.10. The molecule has 0 aliphatic rings. The molecule has 0 fully saturated rings. The van der Waals surface area contributed by atoms with Gasteiger partial charge in [-0.1, -0.05) is 18.5 Å². The van der Waals surface area contributed by atoms with Crippen LogP contribution >= 0.6 is 27.5 Å². The number of carbonyl (C=O) groups is 1. The van der Waals surface area contributed by atoms with E-state index >= 15 is 0 Å². The number of aromatic nitrogens is 2. The lowest BCUT2D eigenvalue weighted by Crippen LogP contribution is -2.11. The molecule has 1 aromatic carbocycles. The number of hydrogen-bond donors (Lipinski definition) is 0. The second-order valence-electron chi connectivity index (χ2n) is 3.90. The molecular weight excluding hydrogens is 316 g/mol. The van der Waals surface area contributed by atoms with E-state index in [1.165, 1.54) is 0 Å². The summed E-state index contributed by atoms with van der Waals surface area (Å²) in [6.45, 7) is 2.85. The van der Waals surface area contributed by atoms with E-state index in [-0.39, 0.29) is 5.78 Å². The van der Waals surface area contributed by atoms with Gasteiger partial charge in [0.25, 0.3) is 0 Å². The lowest BCUT2D eigenvalue weighted by atomic mass is 10.1. The lowest BCUT2D eigenvalue weighted by molar-refractivity contribution is 0.102. The molecule has 0 amide bonds. The number of hydrogen-bond acceptors (Lipinski definition) is 2. The highest BCUT2D eigenvalue weighted by atomic mass is 79.9. The van der Waals surface area contributed by atoms with Crippen molar-refractivity contribution in [1.82, 2.24) is 9.55 Å². The van der Waals surface area contributed by atoms with Crippen LogP contribution in [0.4, 0.5) is 0 Å².